The first-order valence-electron chi connectivity index (χ1n) is 31.0. The molecule has 44 nitrogen and oxygen atoms in total. The molecule has 0 aliphatic carbocycles. The van der Waals surface area contributed by atoms with E-state index in [1.807, 2.05) is 0 Å². The van der Waals surface area contributed by atoms with E-state index in [-0.39, 0.29) is 18.2 Å². The van der Waals surface area contributed by atoms with Gasteiger partial charge < -0.3 is 180 Å². The second kappa shape index (κ2) is 29.7. The largest absolute Gasteiger partial charge is 0.504 e. The fraction of sp³-hybridized carbons (Fsp3) is 0.176. The Labute approximate surface area is 617 Å². The maximum atomic E-state index is 15.5. The number of ether oxygens (including phenoxy) is 11. The van der Waals surface area contributed by atoms with Gasteiger partial charge in [0.2, 0.25) is 41.7 Å². The van der Waals surface area contributed by atoms with Crippen LogP contribution in [-0.4, -0.2) is 250 Å². The van der Waals surface area contributed by atoms with Crippen LogP contribution in [0.2, 0.25) is 0 Å². The molecule has 2 bridgehead atoms. The maximum Gasteiger partial charge on any atom is 0.342 e. The average Bonchev–Trinajstić information content (AvgIpc) is 0.736. The number of hydrogen-bond acceptors (Lipinski definition) is 44. The van der Waals surface area contributed by atoms with Crippen molar-refractivity contribution in [3.05, 3.63) is 123 Å². The molecule has 11 rings (SSSR count). The number of rotatable bonds is 15. The average molecular weight is 1570 g/mol. The molecule has 10 atom stereocenters. The minimum atomic E-state index is -3.09. The summed E-state index contributed by atoms with van der Waals surface area (Å²) in [6, 6.07) is 5.02. The normalized spacial score (nSPS) is 19.9. The van der Waals surface area contributed by atoms with Crippen LogP contribution in [0.3, 0.4) is 0 Å². The van der Waals surface area contributed by atoms with Crippen molar-refractivity contribution in [3.63, 3.8) is 0 Å². The van der Waals surface area contributed by atoms with E-state index in [0.29, 0.717) is 60.7 Å². The van der Waals surface area contributed by atoms with Crippen molar-refractivity contribution in [1.29, 1.82) is 0 Å². The first kappa shape index (κ1) is 77.7. The molecule has 0 saturated carbocycles. The lowest BCUT2D eigenvalue weighted by Crippen LogP contribution is -2.63. The topological polar surface area (TPSA) is 744 Å². The SMILES string of the molecule is O=C(OCC1OC(OC(=O)c2cc(O)c(O)c(O)c2)C(OC(=O)c2cc(O)c(O)c(O)c2Oc2c(O)c(O)cc3c2-c2c(cc(O)c(O)c2O)C(=O)OC2C(O)C(COC3=O)OC(OC(=O)c3cc(O)c(O)c(O)c3)C2O)C(OC(=O)c2cc(O)c(O)c(O)c2)C1OC(=O)c1cc(O)c(O)c(O)c1)c1cc(O)c(O)c(O)c1. The Bertz CT molecular complexity index is 5160. The molecular formula is C68H52O44. The van der Waals surface area contributed by atoms with Gasteiger partial charge in [0.1, 0.15) is 37.1 Å². The molecule has 0 radical (unpaired) electrons. The zero-order valence-electron chi connectivity index (χ0n) is 55.1. The van der Waals surface area contributed by atoms with Crippen LogP contribution in [-0.2, 0) is 47.4 Å². The fourth-order valence-corrected chi connectivity index (χ4v) is 11.2. The van der Waals surface area contributed by atoms with Crippen LogP contribution in [0.1, 0.15) is 82.9 Å². The van der Waals surface area contributed by atoms with E-state index in [9.17, 15) is 161 Å². The van der Waals surface area contributed by atoms with Gasteiger partial charge in [0.25, 0.3) is 0 Å². The van der Waals surface area contributed by atoms with Crippen LogP contribution in [0.25, 0.3) is 11.1 Å². The molecular weight excluding hydrogens is 1520 g/mol. The number of cyclic esters (lactones) is 1. The van der Waals surface area contributed by atoms with Crippen molar-refractivity contribution < 1.29 is 218 Å². The number of hydrogen-bond donors (Lipinski definition) is 25. The highest BCUT2D eigenvalue weighted by atomic mass is 16.8. The number of benzene rings is 8. The van der Waals surface area contributed by atoms with Crippen molar-refractivity contribution >= 4 is 47.8 Å². The van der Waals surface area contributed by atoms with Gasteiger partial charge in [-0.25, -0.2) is 38.4 Å². The van der Waals surface area contributed by atoms with Crippen molar-refractivity contribution in [2.45, 2.75) is 61.4 Å². The minimum absolute atomic E-state index is 0.0661. The number of aliphatic hydroxyl groups excluding tert-OH is 2. The second-order valence-corrected chi connectivity index (χ2v) is 24.0. The van der Waals surface area contributed by atoms with Crippen LogP contribution in [0.15, 0.2) is 78.9 Å². The Morgan fingerprint density at radius 2 is 0.705 bits per heavy atom. The van der Waals surface area contributed by atoms with Gasteiger partial charge >= 0.3 is 47.8 Å². The van der Waals surface area contributed by atoms with Crippen LogP contribution in [0, 0.1) is 0 Å². The smallest absolute Gasteiger partial charge is 0.342 e. The molecule has 0 amide bonds. The van der Waals surface area contributed by atoms with E-state index in [0.717, 1.165) is 0 Å². The van der Waals surface area contributed by atoms with Crippen molar-refractivity contribution in [1.82, 2.24) is 0 Å². The standard InChI is InChI=1S/C68H52O44/c69-24-1-16(2-25(70)41(24)82)59(94)102-15-38-54(107-60(95)17-3-26(71)42(83)27(72)4-17)57(109-61(96)18-5-28(73)43(84)29(74)6-18)58(68(105-38)112-63(98)20-9-32(77)45(86)33(78)10-20)110-66(101)23-13-35(80)47(88)51(92)53(23)106-55-40-22(12-36(81)48(55)89)64(99)103-14-37-49(90)56(108-65(100)21-11-34(79)46(87)50(91)39(21)40)52(93)67(104-37)111-62(97)19-7-30(75)44(85)31(76)8-19/h1-13,37-38,49,52,54,56-58,67-93H,14-15H2. The van der Waals surface area contributed by atoms with Gasteiger partial charge in [-0.15, -0.1) is 0 Å². The summed E-state index contributed by atoms with van der Waals surface area (Å²) in [6.45, 7) is -2.88. The molecule has 3 aliphatic rings. The predicted octanol–water partition coefficient (Wildman–Crippen LogP) is 1.79. The molecule has 25 N–H and O–H groups in total. The van der Waals surface area contributed by atoms with Crippen molar-refractivity contribution in [3.8, 4) is 155 Å². The number of fused-ring (bicyclic) bond motifs is 5. The van der Waals surface area contributed by atoms with E-state index < -0.39 is 322 Å². The van der Waals surface area contributed by atoms with Gasteiger partial charge in [-0.05, 0) is 72.8 Å². The first-order valence-corrected chi connectivity index (χ1v) is 31.0. The number of aromatic hydroxyl groups is 23. The number of carbonyl (C=O) groups is 8. The Morgan fingerprint density at radius 3 is 1.16 bits per heavy atom. The van der Waals surface area contributed by atoms with Crippen LogP contribution >= 0.6 is 0 Å². The molecule has 112 heavy (non-hydrogen) atoms. The lowest BCUT2D eigenvalue weighted by molar-refractivity contribution is -0.284. The first-order chi connectivity index (χ1) is 52.6. The Kier molecular flexibility index (Phi) is 20.6. The minimum Gasteiger partial charge on any atom is -0.504 e. The van der Waals surface area contributed by atoms with Gasteiger partial charge in [0, 0.05) is 17.2 Å². The van der Waals surface area contributed by atoms with E-state index >= 15 is 4.79 Å². The van der Waals surface area contributed by atoms with E-state index in [4.69, 9.17) is 52.1 Å². The second-order valence-electron chi connectivity index (χ2n) is 24.0. The van der Waals surface area contributed by atoms with E-state index in [1.54, 1.807) is 0 Å². The van der Waals surface area contributed by atoms with Crippen LogP contribution in [0.4, 0.5) is 0 Å². The summed E-state index contributed by atoms with van der Waals surface area (Å²) in [6.07, 6.45) is -26.5. The molecule has 3 aliphatic heterocycles. The fourth-order valence-electron chi connectivity index (χ4n) is 11.2. The van der Waals surface area contributed by atoms with Crippen LogP contribution < -0.4 is 4.74 Å². The number of phenols is 23. The number of aliphatic hydroxyl groups is 2. The summed E-state index contributed by atoms with van der Waals surface area (Å²) in [5.41, 5.74) is -12.0. The van der Waals surface area contributed by atoms with Gasteiger partial charge in [-0.3, -0.25) is 0 Å². The molecule has 2 fully saturated rings. The molecule has 2 saturated heterocycles. The third kappa shape index (κ3) is 14.5. The highest BCUT2D eigenvalue weighted by Gasteiger charge is 2.56. The van der Waals surface area contributed by atoms with Gasteiger partial charge in [-0.2, -0.15) is 0 Å². The lowest BCUT2D eigenvalue weighted by Gasteiger charge is -2.44. The summed E-state index contributed by atoms with van der Waals surface area (Å²) < 4.78 is 61.4. The summed E-state index contributed by atoms with van der Waals surface area (Å²) in [4.78, 5) is 116. The Balaban J connectivity index is 1.07. The lowest BCUT2D eigenvalue weighted by atomic mass is 9.91. The zero-order valence-corrected chi connectivity index (χ0v) is 55.1. The molecule has 3 heterocycles. The zero-order chi connectivity index (χ0) is 82.0. The molecule has 0 aromatic heterocycles. The monoisotopic (exact) mass is 1570 g/mol. The molecule has 588 valence electrons. The Hall–Kier alpha value is -15.4. The van der Waals surface area contributed by atoms with Gasteiger partial charge in [-0.1, -0.05) is 0 Å². The molecule has 8 aromatic rings. The van der Waals surface area contributed by atoms with Crippen LogP contribution in [0.5, 0.6) is 144 Å². The van der Waals surface area contributed by atoms with Gasteiger partial charge in [0.15, 0.2) is 145 Å². The highest BCUT2D eigenvalue weighted by molar-refractivity contribution is 6.09. The summed E-state index contributed by atoms with van der Waals surface area (Å²) in [5.74, 6) is -50.7. The Morgan fingerprint density at radius 1 is 0.339 bits per heavy atom. The quantitative estimate of drug-likeness (QED) is 0.0395. The summed E-state index contributed by atoms with van der Waals surface area (Å²) in [5, 5.41) is 269. The van der Waals surface area contributed by atoms with Crippen molar-refractivity contribution in [2.24, 2.45) is 0 Å². The summed E-state index contributed by atoms with van der Waals surface area (Å²) >= 11 is 0. The molecule has 10 unspecified atom stereocenters. The molecule has 8 aromatic carbocycles. The number of phenolic OH excluding ortho intramolecular Hbond substituents is 23. The predicted molar refractivity (Wildman–Crippen MR) is 346 cm³/mol. The van der Waals surface area contributed by atoms with E-state index in [1.165, 1.54) is 0 Å². The third-order valence-corrected chi connectivity index (χ3v) is 16.7. The third-order valence-electron chi connectivity index (χ3n) is 16.7. The highest BCUT2D eigenvalue weighted by Crippen LogP contribution is 2.57. The molecule has 44 heteroatoms. The summed E-state index contributed by atoms with van der Waals surface area (Å²) in [7, 11) is 0. The van der Waals surface area contributed by atoms with Crippen molar-refractivity contribution in [2.75, 3.05) is 13.2 Å². The number of carbonyl (C=O) groups excluding carboxylic acids is 8. The number of esters is 8. The molecule has 0 spiro atoms. The van der Waals surface area contributed by atoms with E-state index in [2.05, 4.69) is 0 Å². The maximum absolute atomic E-state index is 15.5. The van der Waals surface area contributed by atoms with Gasteiger partial charge in [0.05, 0.1) is 38.9 Å².